The number of aromatic nitrogens is 4. The fourth-order valence-corrected chi connectivity index (χ4v) is 5.82. The van der Waals surface area contributed by atoms with Crippen molar-refractivity contribution in [3.05, 3.63) is 54.1 Å². The van der Waals surface area contributed by atoms with Crippen molar-refractivity contribution in [3.63, 3.8) is 0 Å². The van der Waals surface area contributed by atoms with Gasteiger partial charge < -0.3 is 16.0 Å². The molecule has 6 rings (SSSR count). The summed E-state index contributed by atoms with van der Waals surface area (Å²) in [5.41, 5.74) is 3.01. The fraction of sp³-hybridized carbons (Fsp3) is 0.385. The van der Waals surface area contributed by atoms with E-state index in [0.717, 1.165) is 53.6 Å². The van der Waals surface area contributed by atoms with Crippen molar-refractivity contribution >= 4 is 50.9 Å². The van der Waals surface area contributed by atoms with E-state index in [-0.39, 0.29) is 18.1 Å². The van der Waals surface area contributed by atoms with Gasteiger partial charge in [0.15, 0.2) is 10.9 Å². The normalized spacial score (nSPS) is 16.6. The van der Waals surface area contributed by atoms with Crippen LogP contribution in [0.25, 0.3) is 21.5 Å². The molecule has 2 fully saturated rings. The molecule has 0 atom stereocenters. The quantitative estimate of drug-likeness (QED) is 0.294. The number of fused-ring (bicyclic) bond motifs is 1. The van der Waals surface area contributed by atoms with Crippen LogP contribution in [0.5, 0.6) is 0 Å². The number of nitrogens with zero attached hydrogens (tertiary/aromatic N) is 5. The Morgan fingerprint density at radius 3 is 2.65 bits per heavy atom. The van der Waals surface area contributed by atoms with Crippen molar-refractivity contribution in [2.75, 3.05) is 36.8 Å². The highest BCUT2D eigenvalue weighted by atomic mass is 35.5. The molecule has 11 heteroatoms. The molecule has 4 heterocycles. The zero-order valence-corrected chi connectivity index (χ0v) is 22.0. The molecule has 3 aromatic heterocycles. The smallest absolute Gasteiger partial charge is 0.229 e. The average Bonchev–Trinajstić information content (AvgIpc) is 3.56. The predicted molar refractivity (Wildman–Crippen MR) is 149 cm³/mol. The van der Waals surface area contributed by atoms with Gasteiger partial charge in [0.1, 0.15) is 11.5 Å². The second-order valence-corrected chi connectivity index (χ2v) is 10.5. The van der Waals surface area contributed by atoms with Crippen LogP contribution in [-0.2, 0) is 6.54 Å². The number of thiazole rings is 1. The van der Waals surface area contributed by atoms with Crippen molar-refractivity contribution in [3.8, 4) is 11.3 Å². The molecule has 1 aliphatic heterocycles. The summed E-state index contributed by atoms with van der Waals surface area (Å²) in [7, 11) is 0. The van der Waals surface area contributed by atoms with Gasteiger partial charge in [0.2, 0.25) is 5.95 Å². The first-order valence-electron chi connectivity index (χ1n) is 12.5. The van der Waals surface area contributed by atoms with Crippen LogP contribution >= 0.6 is 23.7 Å². The average molecular weight is 541 g/mol. The Kier molecular flexibility index (Phi) is 8.09. The molecule has 8 nitrogen and oxygen atoms in total. The zero-order valence-electron chi connectivity index (χ0n) is 20.4. The Labute approximate surface area is 225 Å². The van der Waals surface area contributed by atoms with Gasteiger partial charge in [-0.3, -0.25) is 4.90 Å². The van der Waals surface area contributed by atoms with Crippen molar-refractivity contribution in [1.29, 1.82) is 0 Å². The van der Waals surface area contributed by atoms with E-state index >= 15 is 0 Å². The third-order valence-electron chi connectivity index (χ3n) is 6.77. The lowest BCUT2D eigenvalue weighted by Gasteiger charge is -2.27. The zero-order chi connectivity index (χ0) is 24.3. The van der Waals surface area contributed by atoms with Crippen LogP contribution in [0.1, 0.15) is 31.2 Å². The number of piperazine rings is 1. The van der Waals surface area contributed by atoms with Crippen LogP contribution in [0.2, 0.25) is 0 Å². The summed E-state index contributed by atoms with van der Waals surface area (Å²) < 4.78 is 15.7. The minimum atomic E-state index is -0.465. The van der Waals surface area contributed by atoms with Gasteiger partial charge in [-0.1, -0.05) is 36.3 Å². The number of anilines is 3. The fourth-order valence-electron chi connectivity index (χ4n) is 4.84. The van der Waals surface area contributed by atoms with Crippen LogP contribution < -0.4 is 16.0 Å². The summed E-state index contributed by atoms with van der Waals surface area (Å²) in [5, 5.41) is 10.9. The van der Waals surface area contributed by atoms with E-state index in [4.69, 9.17) is 4.98 Å². The molecule has 3 N–H and O–H groups in total. The molecular formula is C26H30ClFN8S. The first kappa shape index (κ1) is 25.7. The summed E-state index contributed by atoms with van der Waals surface area (Å²) in [6.07, 6.45) is 7.99. The molecule has 1 saturated heterocycles. The molecule has 1 aliphatic carbocycles. The van der Waals surface area contributed by atoms with Crippen molar-refractivity contribution in [1.82, 2.24) is 30.2 Å². The summed E-state index contributed by atoms with van der Waals surface area (Å²) >= 11 is 1.60. The van der Waals surface area contributed by atoms with Gasteiger partial charge in [-0.2, -0.15) is 0 Å². The Morgan fingerprint density at radius 2 is 1.86 bits per heavy atom. The first-order chi connectivity index (χ1) is 17.7. The van der Waals surface area contributed by atoms with E-state index in [0.29, 0.717) is 23.4 Å². The van der Waals surface area contributed by atoms with Crippen molar-refractivity contribution < 1.29 is 4.39 Å². The van der Waals surface area contributed by atoms with Gasteiger partial charge in [0.05, 0.1) is 16.4 Å². The summed E-state index contributed by atoms with van der Waals surface area (Å²) in [4.78, 5) is 20.2. The topological polar surface area (TPSA) is 90.9 Å². The molecule has 194 valence electrons. The molecule has 1 aromatic carbocycles. The van der Waals surface area contributed by atoms with Crippen LogP contribution in [0, 0.1) is 5.82 Å². The van der Waals surface area contributed by atoms with E-state index in [2.05, 4.69) is 41.9 Å². The number of hydrogen-bond acceptors (Lipinski definition) is 9. The SMILES string of the molecule is Cl.Fc1cnc(Nc2ccc(CN3CCNCC3)cn2)nc1-c1ccc2nc(NC3CCCC3)sc2c1. The second kappa shape index (κ2) is 11.6. The minimum Gasteiger partial charge on any atom is -0.359 e. The molecule has 2 aliphatic rings. The number of halogens is 2. The highest BCUT2D eigenvalue weighted by Crippen LogP contribution is 2.33. The molecule has 0 amide bonds. The number of nitrogens with one attached hydrogen (secondary N) is 3. The number of hydrogen-bond donors (Lipinski definition) is 3. The molecule has 37 heavy (non-hydrogen) atoms. The van der Waals surface area contributed by atoms with E-state index in [1.807, 2.05) is 30.5 Å². The van der Waals surface area contributed by atoms with E-state index in [1.165, 1.54) is 31.9 Å². The van der Waals surface area contributed by atoms with Crippen LogP contribution in [-0.4, -0.2) is 57.1 Å². The highest BCUT2D eigenvalue weighted by molar-refractivity contribution is 7.22. The largest absolute Gasteiger partial charge is 0.359 e. The third-order valence-corrected chi connectivity index (χ3v) is 7.72. The summed E-state index contributed by atoms with van der Waals surface area (Å²) in [6, 6.07) is 10.2. The molecule has 1 saturated carbocycles. The number of benzene rings is 1. The Balaban J connectivity index is 0.00000280. The molecule has 0 radical (unpaired) electrons. The van der Waals surface area contributed by atoms with Crippen molar-refractivity contribution in [2.24, 2.45) is 0 Å². The van der Waals surface area contributed by atoms with Crippen molar-refractivity contribution in [2.45, 2.75) is 38.3 Å². The minimum absolute atomic E-state index is 0. The third kappa shape index (κ3) is 6.15. The maximum absolute atomic E-state index is 14.7. The Morgan fingerprint density at radius 1 is 1.03 bits per heavy atom. The van der Waals surface area contributed by atoms with Gasteiger partial charge in [-0.15, -0.1) is 12.4 Å². The van der Waals surface area contributed by atoms with Crippen LogP contribution in [0.4, 0.5) is 21.3 Å². The van der Waals surface area contributed by atoms with Gasteiger partial charge in [-0.25, -0.2) is 24.3 Å². The maximum atomic E-state index is 14.7. The van der Waals surface area contributed by atoms with E-state index in [1.54, 1.807) is 11.3 Å². The number of pyridine rings is 1. The van der Waals surface area contributed by atoms with Gasteiger partial charge in [0, 0.05) is 50.5 Å². The highest BCUT2D eigenvalue weighted by Gasteiger charge is 2.17. The predicted octanol–water partition coefficient (Wildman–Crippen LogP) is 5.21. The second-order valence-electron chi connectivity index (χ2n) is 9.42. The lowest BCUT2D eigenvalue weighted by atomic mass is 10.1. The van der Waals surface area contributed by atoms with Crippen LogP contribution in [0.15, 0.2) is 42.7 Å². The lowest BCUT2D eigenvalue weighted by molar-refractivity contribution is 0.233. The first-order valence-corrected chi connectivity index (χ1v) is 13.4. The Bertz CT molecular complexity index is 1340. The molecular weight excluding hydrogens is 511 g/mol. The standard InChI is InChI=1S/C26H29FN8S.ClH/c27-20-15-30-25(33-23-8-5-17(14-29-23)16-35-11-9-28-10-12-35)34-24(20)18-6-7-21-22(13-18)36-26(32-21)31-19-3-1-2-4-19;/h5-8,13-15,19,28H,1-4,9-12,16H2,(H,31,32)(H,29,30,33,34);1H. The molecule has 4 aromatic rings. The van der Waals surface area contributed by atoms with Gasteiger partial charge in [-0.05, 0) is 36.6 Å². The maximum Gasteiger partial charge on any atom is 0.229 e. The Hall–Kier alpha value is -2.92. The molecule has 0 bridgehead atoms. The van der Waals surface area contributed by atoms with E-state index < -0.39 is 5.82 Å². The monoisotopic (exact) mass is 540 g/mol. The molecule has 0 unspecified atom stereocenters. The van der Waals surface area contributed by atoms with E-state index in [9.17, 15) is 4.39 Å². The van der Waals surface area contributed by atoms with Crippen LogP contribution in [0.3, 0.4) is 0 Å². The summed E-state index contributed by atoms with van der Waals surface area (Å²) in [5.74, 6) is 0.465. The number of rotatable bonds is 7. The van der Waals surface area contributed by atoms with Gasteiger partial charge in [0.25, 0.3) is 0 Å². The summed E-state index contributed by atoms with van der Waals surface area (Å²) in [6.45, 7) is 5.00. The molecule has 0 spiro atoms. The van der Waals surface area contributed by atoms with Gasteiger partial charge >= 0.3 is 0 Å². The lowest BCUT2D eigenvalue weighted by Crippen LogP contribution is -2.42.